The fraction of sp³-hybridized carbons (Fsp3) is 0.350. The first-order valence-corrected chi connectivity index (χ1v) is 8.86. The van der Waals surface area contributed by atoms with Crippen LogP contribution in [0.5, 0.6) is 0 Å². The van der Waals surface area contributed by atoms with Crippen LogP contribution in [0.25, 0.3) is 22.5 Å². The number of aryl methyl sites for hydroxylation is 2. The van der Waals surface area contributed by atoms with E-state index in [0.717, 1.165) is 72.4 Å². The number of aromatic amines is 2. The van der Waals surface area contributed by atoms with Crippen molar-refractivity contribution in [1.82, 2.24) is 20.2 Å². The molecular weight excluding hydrogens is 312 g/mol. The molecule has 0 spiro atoms. The Morgan fingerprint density at radius 1 is 1.04 bits per heavy atom. The van der Waals surface area contributed by atoms with Gasteiger partial charge >= 0.3 is 0 Å². The van der Waals surface area contributed by atoms with Gasteiger partial charge in [0.2, 0.25) is 0 Å². The van der Waals surface area contributed by atoms with Crippen molar-refractivity contribution < 1.29 is 4.79 Å². The molecule has 5 nitrogen and oxygen atoms in total. The van der Waals surface area contributed by atoms with Crippen molar-refractivity contribution >= 4 is 6.29 Å². The highest BCUT2D eigenvalue weighted by Gasteiger charge is 2.06. The molecule has 25 heavy (non-hydrogen) atoms. The number of hydrogen-bond donors (Lipinski definition) is 2. The number of carbonyl (C=O) groups is 1. The lowest BCUT2D eigenvalue weighted by molar-refractivity contribution is -0.107. The topological polar surface area (TPSA) is 74.4 Å². The maximum atomic E-state index is 10.3. The van der Waals surface area contributed by atoms with Gasteiger partial charge in [-0.2, -0.15) is 5.10 Å². The smallest absolute Gasteiger partial charge is 0.119 e. The summed E-state index contributed by atoms with van der Waals surface area (Å²) in [5, 5.41) is 7.26. The number of aromatic nitrogens is 4. The number of imidazole rings is 1. The maximum absolute atomic E-state index is 10.3. The average molecular weight is 336 g/mol. The molecule has 0 radical (unpaired) electrons. The lowest BCUT2D eigenvalue weighted by Gasteiger charge is -2.01. The first kappa shape index (κ1) is 17.1. The summed E-state index contributed by atoms with van der Waals surface area (Å²) in [7, 11) is 0. The van der Waals surface area contributed by atoms with Crippen LogP contribution in [0, 0.1) is 6.92 Å². The van der Waals surface area contributed by atoms with Crippen molar-refractivity contribution in [1.29, 1.82) is 0 Å². The van der Waals surface area contributed by atoms with Crippen molar-refractivity contribution in [3.05, 3.63) is 48.0 Å². The Kier molecular flexibility index (Phi) is 5.77. The molecule has 0 aliphatic rings. The van der Waals surface area contributed by atoms with E-state index in [4.69, 9.17) is 0 Å². The second kappa shape index (κ2) is 8.42. The van der Waals surface area contributed by atoms with Crippen molar-refractivity contribution in [3.8, 4) is 22.5 Å². The molecule has 0 saturated heterocycles. The van der Waals surface area contributed by atoms with Gasteiger partial charge in [0.1, 0.15) is 12.1 Å². The van der Waals surface area contributed by atoms with Crippen LogP contribution in [-0.2, 0) is 11.2 Å². The minimum Gasteiger partial charge on any atom is -0.342 e. The standard InChI is InChI=1S/C20H24N4O/c1-15-13-18(24-23-15)16-8-10-17(11-9-16)19-14-21-20(22-19)7-5-3-2-4-6-12-25/h8-14H,2-7H2,1H3,(H,21,22)(H,23,24). The number of aldehydes is 1. The van der Waals surface area contributed by atoms with Crippen molar-refractivity contribution in [3.63, 3.8) is 0 Å². The predicted molar refractivity (Wildman–Crippen MR) is 99.2 cm³/mol. The van der Waals surface area contributed by atoms with E-state index >= 15 is 0 Å². The van der Waals surface area contributed by atoms with Crippen LogP contribution in [0.2, 0.25) is 0 Å². The van der Waals surface area contributed by atoms with Gasteiger partial charge in [-0.1, -0.05) is 37.1 Å². The molecule has 1 aromatic carbocycles. The van der Waals surface area contributed by atoms with Gasteiger partial charge in [-0.3, -0.25) is 5.10 Å². The number of benzene rings is 1. The van der Waals surface area contributed by atoms with E-state index in [-0.39, 0.29) is 0 Å². The monoisotopic (exact) mass is 336 g/mol. The second-order valence-electron chi connectivity index (χ2n) is 6.38. The SMILES string of the molecule is Cc1cc(-c2ccc(-c3cnc(CCCCCCC=O)[nH]3)cc2)n[nH]1. The number of nitrogens with zero attached hydrogens (tertiary/aromatic N) is 2. The maximum Gasteiger partial charge on any atom is 0.119 e. The molecule has 0 aliphatic heterocycles. The molecule has 2 heterocycles. The fourth-order valence-electron chi connectivity index (χ4n) is 2.90. The number of carbonyl (C=O) groups excluding carboxylic acids is 1. The van der Waals surface area contributed by atoms with E-state index in [0.29, 0.717) is 6.42 Å². The molecule has 130 valence electrons. The third-order valence-corrected chi connectivity index (χ3v) is 4.31. The van der Waals surface area contributed by atoms with Crippen LogP contribution in [0.4, 0.5) is 0 Å². The number of nitrogens with one attached hydrogen (secondary N) is 2. The number of unbranched alkanes of at least 4 members (excludes halogenated alkanes) is 4. The summed E-state index contributed by atoms with van der Waals surface area (Å²) in [6.45, 7) is 2.00. The van der Waals surface area contributed by atoms with E-state index in [1.165, 1.54) is 0 Å². The molecule has 0 unspecified atom stereocenters. The molecule has 5 heteroatoms. The molecule has 0 saturated carbocycles. The molecule has 0 bridgehead atoms. The molecule has 2 aromatic heterocycles. The van der Waals surface area contributed by atoms with Gasteiger partial charge in [-0.15, -0.1) is 0 Å². The van der Waals surface area contributed by atoms with E-state index < -0.39 is 0 Å². The van der Waals surface area contributed by atoms with Crippen LogP contribution in [0.3, 0.4) is 0 Å². The van der Waals surface area contributed by atoms with Gasteiger partial charge in [-0.05, 0) is 31.4 Å². The molecule has 3 aromatic rings. The molecule has 0 fully saturated rings. The Bertz CT molecular complexity index is 801. The van der Waals surface area contributed by atoms with E-state index in [2.05, 4.69) is 44.4 Å². The third kappa shape index (κ3) is 4.66. The van der Waals surface area contributed by atoms with Crippen LogP contribution in [0.15, 0.2) is 36.5 Å². The normalized spacial score (nSPS) is 10.9. The Hall–Kier alpha value is -2.69. The highest BCUT2D eigenvalue weighted by molar-refractivity contribution is 5.66. The first-order valence-electron chi connectivity index (χ1n) is 8.86. The van der Waals surface area contributed by atoms with Gasteiger partial charge in [-0.25, -0.2) is 4.98 Å². The average Bonchev–Trinajstić information content (AvgIpc) is 3.27. The minimum absolute atomic E-state index is 0.679. The second-order valence-corrected chi connectivity index (χ2v) is 6.38. The number of hydrogen-bond acceptors (Lipinski definition) is 3. The highest BCUT2D eigenvalue weighted by atomic mass is 16.1. The third-order valence-electron chi connectivity index (χ3n) is 4.31. The van der Waals surface area contributed by atoms with Crippen molar-refractivity contribution in [2.45, 2.75) is 45.4 Å². The summed E-state index contributed by atoms with van der Waals surface area (Å²) >= 11 is 0. The zero-order valence-corrected chi connectivity index (χ0v) is 14.6. The van der Waals surface area contributed by atoms with Crippen LogP contribution in [0.1, 0.15) is 43.6 Å². The fourth-order valence-corrected chi connectivity index (χ4v) is 2.90. The van der Waals surface area contributed by atoms with Gasteiger partial charge in [0, 0.05) is 24.1 Å². The number of H-pyrrole nitrogens is 2. The molecular formula is C20H24N4O. The van der Waals surface area contributed by atoms with Crippen LogP contribution >= 0.6 is 0 Å². The first-order chi connectivity index (χ1) is 12.3. The lowest BCUT2D eigenvalue weighted by atomic mass is 10.1. The van der Waals surface area contributed by atoms with E-state index in [1.54, 1.807) is 0 Å². The van der Waals surface area contributed by atoms with Crippen LogP contribution < -0.4 is 0 Å². The van der Waals surface area contributed by atoms with Crippen molar-refractivity contribution in [2.75, 3.05) is 0 Å². The number of rotatable bonds is 9. The van der Waals surface area contributed by atoms with Crippen LogP contribution in [-0.4, -0.2) is 26.5 Å². The molecule has 0 atom stereocenters. The minimum atomic E-state index is 0.679. The zero-order chi connectivity index (χ0) is 17.5. The quantitative estimate of drug-likeness (QED) is 0.447. The molecule has 2 N–H and O–H groups in total. The van der Waals surface area contributed by atoms with Gasteiger partial charge in [0.25, 0.3) is 0 Å². The lowest BCUT2D eigenvalue weighted by Crippen LogP contribution is -1.89. The predicted octanol–water partition coefficient (Wildman–Crippen LogP) is 4.47. The summed E-state index contributed by atoms with van der Waals surface area (Å²) in [5.41, 5.74) is 5.29. The largest absolute Gasteiger partial charge is 0.342 e. The highest BCUT2D eigenvalue weighted by Crippen LogP contribution is 2.23. The summed E-state index contributed by atoms with van der Waals surface area (Å²) in [6, 6.07) is 10.4. The summed E-state index contributed by atoms with van der Waals surface area (Å²) < 4.78 is 0. The summed E-state index contributed by atoms with van der Waals surface area (Å²) in [5.74, 6) is 1.03. The summed E-state index contributed by atoms with van der Waals surface area (Å²) in [6.07, 6.45) is 8.87. The molecule has 0 aliphatic carbocycles. The Balaban J connectivity index is 1.55. The zero-order valence-electron chi connectivity index (χ0n) is 14.6. The molecule has 0 amide bonds. The molecule has 3 rings (SSSR count). The van der Waals surface area contributed by atoms with E-state index in [9.17, 15) is 4.79 Å². The van der Waals surface area contributed by atoms with Gasteiger partial charge < -0.3 is 9.78 Å². The Labute approximate surface area is 147 Å². The van der Waals surface area contributed by atoms with Gasteiger partial charge in [0.15, 0.2) is 0 Å². The Morgan fingerprint density at radius 3 is 2.52 bits per heavy atom. The Morgan fingerprint density at radius 2 is 1.80 bits per heavy atom. The van der Waals surface area contributed by atoms with Crippen molar-refractivity contribution in [2.24, 2.45) is 0 Å². The van der Waals surface area contributed by atoms with E-state index in [1.807, 2.05) is 19.2 Å². The van der Waals surface area contributed by atoms with Gasteiger partial charge in [0.05, 0.1) is 17.6 Å². The summed E-state index contributed by atoms with van der Waals surface area (Å²) in [4.78, 5) is 18.2.